The highest BCUT2D eigenvalue weighted by molar-refractivity contribution is 7.92. The summed E-state index contributed by atoms with van der Waals surface area (Å²) in [5.41, 5.74) is 0.0490. The topological polar surface area (TPSA) is 78.9 Å². The summed E-state index contributed by atoms with van der Waals surface area (Å²) in [7, 11) is -4.23. The molecule has 0 bridgehead atoms. The predicted octanol–water partition coefficient (Wildman–Crippen LogP) is 6.82. The first-order valence-electron chi connectivity index (χ1n) is 12.3. The summed E-state index contributed by atoms with van der Waals surface area (Å²) in [6, 6.07) is 13.5. The van der Waals surface area contributed by atoms with Gasteiger partial charge in [0.25, 0.3) is 10.0 Å². The minimum absolute atomic E-state index is 0.0380. The van der Waals surface area contributed by atoms with E-state index in [1.54, 1.807) is 0 Å². The Balaban J connectivity index is 1.98. The number of aliphatic hydroxyl groups is 1. The summed E-state index contributed by atoms with van der Waals surface area (Å²) < 4.78 is 139. The monoisotopic (exact) mass is 626 g/mol. The minimum atomic E-state index is -4.86. The standard InChI is InChI=1S/C27H26F8N2O4S/c1-2-24(38)23(26(31,32)33)16-37(15-17-5-3-8-21(13-17)41-27(34,35)25(29)30)20-7-4-6-19(14-20)36-42(39,40)22-11-9-18(28)10-12-22/h3-14,23-25,36,38H,2,15-16H2,1H3. The van der Waals surface area contributed by atoms with Gasteiger partial charge >= 0.3 is 18.7 Å². The second kappa shape index (κ2) is 13.2. The molecule has 3 aromatic rings. The second-order valence-electron chi connectivity index (χ2n) is 9.23. The van der Waals surface area contributed by atoms with E-state index in [2.05, 4.69) is 9.46 Å². The van der Waals surface area contributed by atoms with Crippen LogP contribution in [-0.4, -0.2) is 44.9 Å². The van der Waals surface area contributed by atoms with E-state index in [9.17, 15) is 48.6 Å². The largest absolute Gasteiger partial charge is 0.461 e. The van der Waals surface area contributed by atoms with E-state index in [0.29, 0.717) is 0 Å². The van der Waals surface area contributed by atoms with Gasteiger partial charge in [0, 0.05) is 18.8 Å². The van der Waals surface area contributed by atoms with Crippen molar-refractivity contribution in [1.29, 1.82) is 0 Å². The van der Waals surface area contributed by atoms with Crippen LogP contribution in [0.5, 0.6) is 5.75 Å². The lowest BCUT2D eigenvalue weighted by Gasteiger charge is -2.33. The molecule has 0 aliphatic carbocycles. The summed E-state index contributed by atoms with van der Waals surface area (Å²) in [5, 5.41) is 10.2. The molecular formula is C27H26F8N2O4S. The van der Waals surface area contributed by atoms with E-state index < -0.39 is 65.4 Å². The number of aliphatic hydroxyl groups excluding tert-OH is 1. The lowest BCUT2D eigenvalue weighted by Crippen LogP contribution is -2.43. The van der Waals surface area contributed by atoms with Gasteiger partial charge in [0.15, 0.2) is 0 Å². The number of alkyl halides is 7. The molecular weight excluding hydrogens is 600 g/mol. The SMILES string of the molecule is CCC(O)C(CN(Cc1cccc(OC(F)(F)C(F)F)c1)c1cccc(NS(=O)(=O)c2ccc(F)cc2)c1)C(F)(F)F. The number of halogens is 8. The van der Waals surface area contributed by atoms with Crippen LogP contribution < -0.4 is 14.4 Å². The van der Waals surface area contributed by atoms with E-state index in [4.69, 9.17) is 0 Å². The third-order valence-corrected chi connectivity index (χ3v) is 7.48. The summed E-state index contributed by atoms with van der Waals surface area (Å²) in [6.45, 7) is 0.0994. The second-order valence-corrected chi connectivity index (χ2v) is 10.9. The molecule has 3 rings (SSSR count). The molecule has 6 nitrogen and oxygen atoms in total. The number of hydrogen-bond donors (Lipinski definition) is 2. The fraction of sp³-hybridized carbons (Fsp3) is 0.333. The van der Waals surface area contributed by atoms with Crippen LogP contribution in [0.25, 0.3) is 0 Å². The molecule has 0 aliphatic heterocycles. The summed E-state index contributed by atoms with van der Waals surface area (Å²) in [4.78, 5) is 0.837. The quantitative estimate of drug-likeness (QED) is 0.204. The van der Waals surface area contributed by atoms with Crippen LogP contribution in [0.3, 0.4) is 0 Å². The minimum Gasteiger partial charge on any atom is -0.428 e. The molecule has 2 N–H and O–H groups in total. The smallest absolute Gasteiger partial charge is 0.428 e. The van der Waals surface area contributed by atoms with Gasteiger partial charge in [-0.15, -0.1) is 0 Å². The number of nitrogens with one attached hydrogen (secondary N) is 1. The molecule has 15 heteroatoms. The first-order valence-corrected chi connectivity index (χ1v) is 13.8. The van der Waals surface area contributed by atoms with Crippen molar-refractivity contribution in [3.8, 4) is 5.75 Å². The molecule has 2 atom stereocenters. The van der Waals surface area contributed by atoms with E-state index in [1.807, 2.05) is 0 Å². The van der Waals surface area contributed by atoms with Gasteiger partial charge in [-0.1, -0.05) is 25.1 Å². The lowest BCUT2D eigenvalue weighted by molar-refractivity contribution is -0.253. The molecule has 3 aromatic carbocycles. The van der Waals surface area contributed by atoms with Crippen molar-refractivity contribution in [1.82, 2.24) is 0 Å². The predicted molar refractivity (Wildman–Crippen MR) is 139 cm³/mol. The summed E-state index contributed by atoms with van der Waals surface area (Å²) >= 11 is 0. The Bertz CT molecular complexity index is 1440. The molecule has 230 valence electrons. The van der Waals surface area contributed by atoms with Crippen LogP contribution in [0.1, 0.15) is 18.9 Å². The highest BCUT2D eigenvalue weighted by Crippen LogP contribution is 2.34. The van der Waals surface area contributed by atoms with Crippen molar-refractivity contribution in [2.75, 3.05) is 16.2 Å². The Kier molecular flexibility index (Phi) is 10.3. The molecule has 42 heavy (non-hydrogen) atoms. The van der Waals surface area contributed by atoms with Crippen LogP contribution in [-0.2, 0) is 16.6 Å². The van der Waals surface area contributed by atoms with Crippen molar-refractivity contribution in [2.24, 2.45) is 5.92 Å². The van der Waals surface area contributed by atoms with Gasteiger partial charge < -0.3 is 14.7 Å². The zero-order valence-corrected chi connectivity index (χ0v) is 22.6. The molecule has 0 radical (unpaired) electrons. The maximum Gasteiger partial charge on any atom is 0.461 e. The van der Waals surface area contributed by atoms with E-state index in [0.717, 1.165) is 41.3 Å². The van der Waals surface area contributed by atoms with Crippen molar-refractivity contribution >= 4 is 21.4 Å². The number of anilines is 2. The Morgan fingerprint density at radius 1 is 0.952 bits per heavy atom. The van der Waals surface area contributed by atoms with E-state index >= 15 is 0 Å². The summed E-state index contributed by atoms with van der Waals surface area (Å²) in [6.07, 6.45) is -15.9. The van der Waals surface area contributed by atoms with E-state index in [1.165, 1.54) is 43.3 Å². The van der Waals surface area contributed by atoms with Gasteiger partial charge in [0.05, 0.1) is 22.6 Å². The van der Waals surface area contributed by atoms with Crippen LogP contribution in [0.2, 0.25) is 0 Å². The molecule has 0 fully saturated rings. The first-order chi connectivity index (χ1) is 19.5. The van der Waals surface area contributed by atoms with Crippen LogP contribution in [0.15, 0.2) is 77.7 Å². The number of benzene rings is 3. The van der Waals surface area contributed by atoms with Crippen molar-refractivity contribution in [3.63, 3.8) is 0 Å². The number of ether oxygens (including phenoxy) is 1. The number of rotatable bonds is 13. The Morgan fingerprint density at radius 3 is 2.19 bits per heavy atom. The average Bonchev–Trinajstić information content (AvgIpc) is 2.90. The maximum atomic E-state index is 13.9. The fourth-order valence-electron chi connectivity index (χ4n) is 3.95. The maximum absolute atomic E-state index is 13.9. The highest BCUT2D eigenvalue weighted by atomic mass is 32.2. The number of hydrogen-bond acceptors (Lipinski definition) is 5. The van der Waals surface area contributed by atoms with Gasteiger partial charge in [-0.25, -0.2) is 12.8 Å². The third kappa shape index (κ3) is 8.71. The van der Waals surface area contributed by atoms with Gasteiger partial charge in [0.1, 0.15) is 11.6 Å². The molecule has 0 amide bonds. The zero-order chi connectivity index (χ0) is 31.3. The molecule has 0 saturated heterocycles. The normalized spacial score (nSPS) is 14.0. The van der Waals surface area contributed by atoms with Crippen molar-refractivity contribution in [2.45, 2.75) is 49.6 Å². The zero-order valence-electron chi connectivity index (χ0n) is 21.8. The van der Waals surface area contributed by atoms with Crippen LogP contribution in [0.4, 0.5) is 46.5 Å². The van der Waals surface area contributed by atoms with Gasteiger partial charge in [-0.05, 0) is 66.6 Å². The molecule has 0 heterocycles. The van der Waals surface area contributed by atoms with Gasteiger partial charge in [-0.3, -0.25) is 4.72 Å². The molecule has 0 saturated carbocycles. The average molecular weight is 627 g/mol. The van der Waals surface area contributed by atoms with Crippen molar-refractivity contribution < 1.29 is 53.4 Å². The molecule has 0 aromatic heterocycles. The lowest BCUT2D eigenvalue weighted by atomic mass is 9.98. The molecule has 0 aliphatic rings. The first kappa shape index (κ1) is 32.9. The molecule has 2 unspecified atom stereocenters. The highest BCUT2D eigenvalue weighted by Gasteiger charge is 2.45. The number of sulfonamides is 1. The van der Waals surface area contributed by atoms with Gasteiger partial charge in [-0.2, -0.15) is 30.7 Å². The van der Waals surface area contributed by atoms with Crippen LogP contribution >= 0.6 is 0 Å². The van der Waals surface area contributed by atoms with Gasteiger partial charge in [0.2, 0.25) is 0 Å². The number of nitrogens with zero attached hydrogens (tertiary/aromatic N) is 1. The van der Waals surface area contributed by atoms with Crippen LogP contribution in [0, 0.1) is 11.7 Å². The third-order valence-electron chi connectivity index (χ3n) is 6.09. The Morgan fingerprint density at radius 2 is 1.60 bits per heavy atom. The fourth-order valence-corrected chi connectivity index (χ4v) is 5.00. The van der Waals surface area contributed by atoms with Crippen molar-refractivity contribution in [3.05, 3.63) is 84.2 Å². The van der Waals surface area contributed by atoms with E-state index in [-0.39, 0.29) is 28.3 Å². The summed E-state index contributed by atoms with van der Waals surface area (Å²) in [5.74, 6) is -3.61. The Hall–Kier alpha value is -3.59. The molecule has 0 spiro atoms. The Labute approximate surface area is 236 Å².